The van der Waals surface area contributed by atoms with Crippen molar-refractivity contribution in [2.45, 2.75) is 32.5 Å². The molecule has 5 nitrogen and oxygen atoms in total. The molecular formula is C25H24N4O. The Morgan fingerprint density at radius 2 is 1.63 bits per heavy atom. The van der Waals surface area contributed by atoms with Gasteiger partial charge < -0.3 is 0 Å². The standard InChI is InChI=1S/C25H24N4O/c30-25-23-18-28(16-20-10-13-26-14-11-20)15-5-9-21(23)22-8-4-12-27-24(22)29(25)17-19-6-2-1-3-7-19/h1-4,6-8,10-14H,5,9,15-18H2. The van der Waals surface area contributed by atoms with Crippen LogP contribution in [0.4, 0.5) is 0 Å². The quantitative estimate of drug-likeness (QED) is 0.527. The molecule has 0 atom stereocenters. The minimum Gasteiger partial charge on any atom is -0.295 e. The van der Waals surface area contributed by atoms with Crippen LogP contribution in [0.1, 0.15) is 28.7 Å². The minimum atomic E-state index is 0.0849. The third-order valence-electron chi connectivity index (χ3n) is 5.86. The average Bonchev–Trinajstić information content (AvgIpc) is 3.01. The first kappa shape index (κ1) is 18.7. The van der Waals surface area contributed by atoms with E-state index in [1.54, 1.807) is 6.20 Å². The van der Waals surface area contributed by atoms with Crippen LogP contribution in [0, 0.1) is 0 Å². The van der Waals surface area contributed by atoms with Gasteiger partial charge in [-0.15, -0.1) is 0 Å². The van der Waals surface area contributed by atoms with E-state index in [9.17, 15) is 4.79 Å². The Hall–Kier alpha value is -3.31. The highest BCUT2D eigenvalue weighted by atomic mass is 16.1. The number of rotatable bonds is 4. The Balaban J connectivity index is 1.59. The van der Waals surface area contributed by atoms with E-state index in [-0.39, 0.29) is 5.56 Å². The van der Waals surface area contributed by atoms with Crippen molar-refractivity contribution in [3.8, 4) is 0 Å². The second-order valence-corrected chi connectivity index (χ2v) is 7.88. The van der Waals surface area contributed by atoms with E-state index in [4.69, 9.17) is 0 Å². The van der Waals surface area contributed by atoms with Gasteiger partial charge >= 0.3 is 0 Å². The van der Waals surface area contributed by atoms with Crippen LogP contribution in [-0.2, 0) is 26.1 Å². The number of hydrogen-bond acceptors (Lipinski definition) is 4. The van der Waals surface area contributed by atoms with Gasteiger partial charge in [-0.05, 0) is 60.3 Å². The molecule has 3 aromatic heterocycles. The number of benzene rings is 1. The maximum atomic E-state index is 13.7. The first-order valence-electron chi connectivity index (χ1n) is 10.4. The molecule has 30 heavy (non-hydrogen) atoms. The summed E-state index contributed by atoms with van der Waals surface area (Å²) in [5.41, 5.74) is 5.28. The zero-order valence-electron chi connectivity index (χ0n) is 16.9. The maximum absolute atomic E-state index is 13.7. The van der Waals surface area contributed by atoms with Gasteiger partial charge in [0.25, 0.3) is 5.56 Å². The molecule has 1 aliphatic heterocycles. The Morgan fingerprint density at radius 3 is 2.47 bits per heavy atom. The molecule has 5 rings (SSSR count). The number of aryl methyl sites for hydroxylation is 1. The predicted molar refractivity (Wildman–Crippen MR) is 118 cm³/mol. The van der Waals surface area contributed by atoms with Crippen molar-refractivity contribution in [2.75, 3.05) is 6.54 Å². The summed E-state index contributed by atoms with van der Waals surface area (Å²) in [5, 5.41) is 1.11. The van der Waals surface area contributed by atoms with Gasteiger partial charge in [0.1, 0.15) is 5.65 Å². The summed E-state index contributed by atoms with van der Waals surface area (Å²) < 4.78 is 1.85. The van der Waals surface area contributed by atoms with Gasteiger partial charge in [0.05, 0.1) is 6.54 Å². The molecular weight excluding hydrogens is 372 g/mol. The smallest absolute Gasteiger partial charge is 0.257 e. The number of fused-ring (bicyclic) bond motifs is 3. The largest absolute Gasteiger partial charge is 0.295 e. The lowest BCUT2D eigenvalue weighted by Gasteiger charge is -2.21. The molecule has 4 heterocycles. The van der Waals surface area contributed by atoms with Crippen LogP contribution in [0.5, 0.6) is 0 Å². The molecule has 0 bridgehead atoms. The van der Waals surface area contributed by atoms with Gasteiger partial charge in [-0.2, -0.15) is 0 Å². The van der Waals surface area contributed by atoms with Gasteiger partial charge in [0.2, 0.25) is 0 Å². The summed E-state index contributed by atoms with van der Waals surface area (Å²) in [4.78, 5) is 24.8. The van der Waals surface area contributed by atoms with Crippen LogP contribution in [0.3, 0.4) is 0 Å². The third-order valence-corrected chi connectivity index (χ3v) is 5.86. The van der Waals surface area contributed by atoms with E-state index in [0.717, 1.165) is 48.1 Å². The van der Waals surface area contributed by atoms with Crippen molar-refractivity contribution < 1.29 is 0 Å². The van der Waals surface area contributed by atoms with Crippen molar-refractivity contribution in [3.05, 3.63) is 106 Å². The SMILES string of the molecule is O=c1c2c(c3cccnc3n1Cc1ccccc1)CCCN(Cc1ccncc1)C2. The Morgan fingerprint density at radius 1 is 0.833 bits per heavy atom. The van der Waals surface area contributed by atoms with Crippen LogP contribution in [-0.4, -0.2) is 26.0 Å². The summed E-state index contributed by atoms with van der Waals surface area (Å²) in [7, 11) is 0. The van der Waals surface area contributed by atoms with Crippen LogP contribution >= 0.6 is 0 Å². The first-order valence-corrected chi connectivity index (χ1v) is 10.4. The monoisotopic (exact) mass is 396 g/mol. The topological polar surface area (TPSA) is 51.0 Å². The number of aromatic nitrogens is 3. The molecule has 0 saturated carbocycles. The predicted octanol–water partition coefficient (Wildman–Crippen LogP) is 3.79. The van der Waals surface area contributed by atoms with E-state index in [1.807, 2.05) is 53.4 Å². The lowest BCUT2D eigenvalue weighted by molar-refractivity contribution is 0.260. The van der Waals surface area contributed by atoms with E-state index in [0.29, 0.717) is 13.1 Å². The number of nitrogens with zero attached hydrogens (tertiary/aromatic N) is 4. The van der Waals surface area contributed by atoms with Crippen molar-refractivity contribution in [1.29, 1.82) is 0 Å². The van der Waals surface area contributed by atoms with Gasteiger partial charge in [-0.1, -0.05) is 30.3 Å². The fourth-order valence-electron chi connectivity index (χ4n) is 4.42. The summed E-state index contributed by atoms with van der Waals surface area (Å²) in [6.07, 6.45) is 7.37. The molecule has 4 aromatic rings. The molecule has 1 aromatic carbocycles. The lowest BCUT2D eigenvalue weighted by Crippen LogP contribution is -2.31. The van der Waals surface area contributed by atoms with E-state index in [1.165, 1.54) is 11.1 Å². The average molecular weight is 396 g/mol. The molecule has 0 unspecified atom stereocenters. The fraction of sp³-hybridized carbons (Fsp3) is 0.240. The summed E-state index contributed by atoms with van der Waals surface area (Å²) >= 11 is 0. The highest BCUT2D eigenvalue weighted by Gasteiger charge is 2.22. The van der Waals surface area contributed by atoms with Crippen molar-refractivity contribution in [2.24, 2.45) is 0 Å². The van der Waals surface area contributed by atoms with Gasteiger partial charge in [-0.3, -0.25) is 19.2 Å². The number of hydrogen-bond donors (Lipinski definition) is 0. The Bertz CT molecular complexity index is 1220. The summed E-state index contributed by atoms with van der Waals surface area (Å²) in [5.74, 6) is 0. The molecule has 0 amide bonds. The van der Waals surface area contributed by atoms with Crippen molar-refractivity contribution in [3.63, 3.8) is 0 Å². The van der Waals surface area contributed by atoms with E-state index < -0.39 is 0 Å². The number of pyridine rings is 3. The van der Waals surface area contributed by atoms with Crippen molar-refractivity contribution >= 4 is 11.0 Å². The second-order valence-electron chi connectivity index (χ2n) is 7.88. The van der Waals surface area contributed by atoms with Gasteiger partial charge in [0.15, 0.2) is 0 Å². The van der Waals surface area contributed by atoms with E-state index >= 15 is 0 Å². The molecule has 1 aliphatic rings. The third kappa shape index (κ3) is 3.64. The zero-order chi connectivity index (χ0) is 20.3. The fourth-order valence-corrected chi connectivity index (χ4v) is 4.42. The second kappa shape index (κ2) is 8.20. The molecule has 5 heteroatoms. The summed E-state index contributed by atoms with van der Waals surface area (Å²) in [6.45, 7) is 2.99. The molecule has 0 saturated heterocycles. The molecule has 0 radical (unpaired) electrons. The van der Waals surface area contributed by atoms with E-state index in [2.05, 4.69) is 33.1 Å². The zero-order valence-corrected chi connectivity index (χ0v) is 16.9. The highest BCUT2D eigenvalue weighted by molar-refractivity contribution is 5.80. The van der Waals surface area contributed by atoms with Crippen LogP contribution < -0.4 is 5.56 Å². The Kier molecular flexibility index (Phi) is 5.11. The normalized spacial score (nSPS) is 14.4. The first-order chi connectivity index (χ1) is 14.8. The lowest BCUT2D eigenvalue weighted by atomic mass is 10.0. The van der Waals surface area contributed by atoms with Crippen LogP contribution in [0.15, 0.2) is 78.0 Å². The van der Waals surface area contributed by atoms with Gasteiger partial charge in [0, 0.05) is 42.6 Å². The molecule has 0 aliphatic carbocycles. The summed E-state index contributed by atoms with van der Waals surface area (Å²) in [6, 6.07) is 18.3. The maximum Gasteiger partial charge on any atom is 0.257 e. The molecule has 150 valence electrons. The van der Waals surface area contributed by atoms with Crippen LogP contribution in [0.25, 0.3) is 11.0 Å². The molecule has 0 fully saturated rings. The minimum absolute atomic E-state index is 0.0849. The molecule has 0 N–H and O–H groups in total. The highest BCUT2D eigenvalue weighted by Crippen LogP contribution is 2.25. The van der Waals surface area contributed by atoms with Crippen LogP contribution in [0.2, 0.25) is 0 Å². The van der Waals surface area contributed by atoms with Crippen molar-refractivity contribution in [1.82, 2.24) is 19.4 Å². The molecule has 0 spiro atoms. The van der Waals surface area contributed by atoms with Gasteiger partial charge in [-0.25, -0.2) is 4.98 Å². The Labute approximate surface area is 175 Å².